The van der Waals surface area contributed by atoms with E-state index in [0.717, 1.165) is 0 Å². The number of nitrogens with zero attached hydrogens (tertiary/aromatic N) is 1. The van der Waals surface area contributed by atoms with Crippen molar-refractivity contribution in [2.75, 3.05) is 6.54 Å². The molecule has 0 saturated heterocycles. The van der Waals surface area contributed by atoms with Crippen LogP contribution in [0.25, 0.3) is 0 Å². The van der Waals surface area contributed by atoms with Gasteiger partial charge in [0.25, 0.3) is 5.91 Å². The van der Waals surface area contributed by atoms with Crippen molar-refractivity contribution >= 4 is 11.8 Å². The van der Waals surface area contributed by atoms with Crippen molar-refractivity contribution in [3.8, 4) is 5.75 Å². The van der Waals surface area contributed by atoms with Gasteiger partial charge in [-0.3, -0.25) is 14.6 Å². The average molecular weight is 237 g/mol. The Morgan fingerprint density at radius 2 is 2.24 bits per heavy atom. The zero-order valence-electron chi connectivity index (χ0n) is 9.73. The standard InChI is InChI=1S/C11H15N3O3/c1-3-13-10(16)7(2)14-11(17)8-4-5-12-6-9(8)15/h4-7,15H,3H2,1-2H3,(H,13,16)(H,14,17). The minimum absolute atomic E-state index is 0.0937. The van der Waals surface area contributed by atoms with E-state index in [9.17, 15) is 14.7 Å². The van der Waals surface area contributed by atoms with Crippen molar-refractivity contribution in [3.05, 3.63) is 24.0 Å². The molecule has 6 heteroatoms. The average Bonchev–Trinajstić information content (AvgIpc) is 2.29. The van der Waals surface area contributed by atoms with Crippen molar-refractivity contribution in [1.29, 1.82) is 0 Å². The summed E-state index contributed by atoms with van der Waals surface area (Å²) >= 11 is 0. The highest BCUT2D eigenvalue weighted by Crippen LogP contribution is 2.13. The topological polar surface area (TPSA) is 91.3 Å². The van der Waals surface area contributed by atoms with Gasteiger partial charge in [0.05, 0.1) is 11.8 Å². The van der Waals surface area contributed by atoms with Crippen molar-refractivity contribution in [2.24, 2.45) is 0 Å². The molecule has 0 aliphatic rings. The van der Waals surface area contributed by atoms with Crippen LogP contribution >= 0.6 is 0 Å². The third kappa shape index (κ3) is 3.44. The van der Waals surface area contributed by atoms with Crippen molar-refractivity contribution < 1.29 is 14.7 Å². The molecule has 1 atom stereocenters. The Balaban J connectivity index is 2.67. The molecule has 1 aromatic heterocycles. The van der Waals surface area contributed by atoms with Crippen LogP contribution in [-0.4, -0.2) is 34.5 Å². The molecule has 0 aromatic carbocycles. The van der Waals surface area contributed by atoms with Crippen LogP contribution in [0.2, 0.25) is 0 Å². The second-order valence-electron chi connectivity index (χ2n) is 3.48. The summed E-state index contributed by atoms with van der Waals surface area (Å²) in [6.45, 7) is 3.86. The molecule has 1 rings (SSSR count). The Morgan fingerprint density at radius 1 is 1.53 bits per heavy atom. The van der Waals surface area contributed by atoms with E-state index in [0.29, 0.717) is 6.54 Å². The first kappa shape index (κ1) is 13.0. The van der Waals surface area contributed by atoms with Crippen molar-refractivity contribution in [3.63, 3.8) is 0 Å². The number of hydrogen-bond acceptors (Lipinski definition) is 4. The molecule has 0 fully saturated rings. The minimum atomic E-state index is -0.657. The number of carbonyl (C=O) groups excluding carboxylic acids is 2. The summed E-state index contributed by atoms with van der Waals surface area (Å²) in [4.78, 5) is 26.8. The number of amides is 2. The normalized spacial score (nSPS) is 11.6. The summed E-state index contributed by atoms with van der Waals surface area (Å²) in [6.07, 6.45) is 2.57. The van der Waals surface area contributed by atoms with E-state index < -0.39 is 11.9 Å². The van der Waals surface area contributed by atoms with E-state index >= 15 is 0 Å². The van der Waals surface area contributed by atoms with Crippen molar-refractivity contribution in [1.82, 2.24) is 15.6 Å². The third-order valence-electron chi connectivity index (χ3n) is 2.14. The molecule has 3 N–H and O–H groups in total. The fraction of sp³-hybridized carbons (Fsp3) is 0.364. The van der Waals surface area contributed by atoms with Crippen molar-refractivity contribution in [2.45, 2.75) is 19.9 Å². The van der Waals surface area contributed by atoms with Gasteiger partial charge < -0.3 is 15.7 Å². The van der Waals surface area contributed by atoms with Gasteiger partial charge in [-0.1, -0.05) is 0 Å². The largest absolute Gasteiger partial charge is 0.505 e. The van der Waals surface area contributed by atoms with Crippen LogP contribution < -0.4 is 10.6 Å². The lowest BCUT2D eigenvalue weighted by molar-refractivity contribution is -0.122. The molecule has 0 spiro atoms. The first-order valence-corrected chi connectivity index (χ1v) is 5.27. The summed E-state index contributed by atoms with van der Waals surface area (Å²) in [5.74, 6) is -0.994. The Labute approximate surface area is 99.1 Å². The molecule has 0 saturated carbocycles. The van der Waals surface area contributed by atoms with Gasteiger partial charge in [-0.15, -0.1) is 0 Å². The van der Waals surface area contributed by atoms with E-state index in [1.54, 1.807) is 13.8 Å². The smallest absolute Gasteiger partial charge is 0.255 e. The first-order valence-electron chi connectivity index (χ1n) is 5.27. The zero-order chi connectivity index (χ0) is 12.8. The summed E-state index contributed by atoms with van der Waals surface area (Å²) in [5, 5.41) is 14.5. The lowest BCUT2D eigenvalue weighted by Gasteiger charge is -2.13. The molecule has 1 heterocycles. The summed E-state index contributed by atoms with van der Waals surface area (Å²) in [5.41, 5.74) is 0.0937. The molecule has 1 unspecified atom stereocenters. The van der Waals surface area contributed by atoms with Gasteiger partial charge in [0.1, 0.15) is 11.8 Å². The number of aromatic nitrogens is 1. The van der Waals surface area contributed by atoms with E-state index in [1.807, 2.05) is 0 Å². The maximum absolute atomic E-state index is 11.7. The number of likely N-dealkylation sites (N-methyl/N-ethyl adjacent to an activating group) is 1. The highest BCUT2D eigenvalue weighted by Gasteiger charge is 2.17. The molecule has 0 bridgehead atoms. The number of rotatable bonds is 4. The number of hydrogen-bond donors (Lipinski definition) is 3. The van der Waals surface area contributed by atoms with E-state index in [4.69, 9.17) is 0 Å². The molecule has 0 aliphatic carbocycles. The Hall–Kier alpha value is -2.11. The number of nitrogens with one attached hydrogen (secondary N) is 2. The number of pyridine rings is 1. The molecule has 0 aliphatic heterocycles. The fourth-order valence-electron chi connectivity index (χ4n) is 1.25. The molecule has 2 amide bonds. The second-order valence-corrected chi connectivity index (χ2v) is 3.48. The molecule has 92 valence electrons. The summed E-state index contributed by atoms with van der Waals surface area (Å²) in [7, 11) is 0. The monoisotopic (exact) mass is 237 g/mol. The Bertz CT molecular complexity index is 420. The quantitative estimate of drug-likeness (QED) is 0.689. The van der Waals surface area contributed by atoms with Gasteiger partial charge in [0.2, 0.25) is 5.91 Å². The number of aromatic hydroxyl groups is 1. The molecule has 1 aromatic rings. The second kappa shape index (κ2) is 5.83. The summed E-state index contributed by atoms with van der Waals surface area (Å²) in [6, 6.07) is 0.727. The van der Waals surface area contributed by atoms with Gasteiger partial charge >= 0.3 is 0 Å². The van der Waals surface area contributed by atoms with Crippen LogP contribution in [0.15, 0.2) is 18.5 Å². The fourth-order valence-corrected chi connectivity index (χ4v) is 1.25. The minimum Gasteiger partial charge on any atom is -0.505 e. The number of carbonyl (C=O) groups is 2. The van der Waals surface area contributed by atoms with Gasteiger partial charge in [0.15, 0.2) is 0 Å². The molecule has 17 heavy (non-hydrogen) atoms. The van der Waals surface area contributed by atoms with Crippen LogP contribution in [0.4, 0.5) is 0 Å². The van der Waals surface area contributed by atoms with Crippen LogP contribution in [0.5, 0.6) is 5.75 Å². The molecular weight excluding hydrogens is 222 g/mol. The van der Waals surface area contributed by atoms with Crippen LogP contribution in [0, 0.1) is 0 Å². The van der Waals surface area contributed by atoms with E-state index in [2.05, 4.69) is 15.6 Å². The van der Waals surface area contributed by atoms with Crippen LogP contribution in [-0.2, 0) is 4.79 Å². The lowest BCUT2D eigenvalue weighted by atomic mass is 10.2. The molecule has 0 radical (unpaired) electrons. The summed E-state index contributed by atoms with van der Waals surface area (Å²) < 4.78 is 0. The van der Waals surface area contributed by atoms with Crippen LogP contribution in [0.3, 0.4) is 0 Å². The highest BCUT2D eigenvalue weighted by molar-refractivity contribution is 5.99. The predicted octanol–water partition coefficient (Wildman–Crippen LogP) is 0.0416. The van der Waals surface area contributed by atoms with Gasteiger partial charge in [-0.2, -0.15) is 0 Å². The van der Waals surface area contributed by atoms with E-state index in [1.165, 1.54) is 18.5 Å². The highest BCUT2D eigenvalue weighted by atomic mass is 16.3. The van der Waals surface area contributed by atoms with Gasteiger partial charge in [-0.25, -0.2) is 0 Å². The van der Waals surface area contributed by atoms with Gasteiger partial charge in [-0.05, 0) is 19.9 Å². The Kier molecular flexibility index (Phi) is 4.45. The van der Waals surface area contributed by atoms with E-state index in [-0.39, 0.29) is 17.2 Å². The maximum atomic E-state index is 11.7. The van der Waals surface area contributed by atoms with Gasteiger partial charge in [0, 0.05) is 12.7 Å². The Morgan fingerprint density at radius 3 is 2.82 bits per heavy atom. The maximum Gasteiger partial charge on any atom is 0.255 e. The van der Waals surface area contributed by atoms with Crippen LogP contribution in [0.1, 0.15) is 24.2 Å². The first-order chi connectivity index (χ1) is 8.06. The SMILES string of the molecule is CCNC(=O)C(C)NC(=O)c1ccncc1O. The predicted molar refractivity (Wildman–Crippen MR) is 61.5 cm³/mol. The third-order valence-corrected chi connectivity index (χ3v) is 2.14. The zero-order valence-corrected chi connectivity index (χ0v) is 9.73. The molecule has 6 nitrogen and oxygen atoms in total. The molecular formula is C11H15N3O3. The lowest BCUT2D eigenvalue weighted by Crippen LogP contribution is -2.44.